The molecule has 0 aliphatic heterocycles. The first-order valence-electron chi connectivity index (χ1n) is 5.92. The van der Waals surface area contributed by atoms with Crippen molar-refractivity contribution < 1.29 is 9.90 Å². The number of aliphatic hydroxyl groups is 1. The fraction of sp³-hybridized carbons (Fsp3) is 0.133. The quantitative estimate of drug-likeness (QED) is 0.898. The van der Waals surface area contributed by atoms with Crippen LogP contribution in [0.1, 0.15) is 28.9 Å². The van der Waals surface area contributed by atoms with Crippen molar-refractivity contribution in [1.29, 1.82) is 0 Å². The van der Waals surface area contributed by atoms with E-state index >= 15 is 0 Å². The summed E-state index contributed by atoms with van der Waals surface area (Å²) in [5.74, 6) is -0.270. The lowest BCUT2D eigenvalue weighted by atomic mass is 10.1. The zero-order chi connectivity index (χ0) is 13.8. The highest BCUT2D eigenvalue weighted by molar-refractivity contribution is 6.34. The van der Waals surface area contributed by atoms with Gasteiger partial charge in [-0.2, -0.15) is 0 Å². The van der Waals surface area contributed by atoms with Crippen molar-refractivity contribution >= 4 is 23.2 Å². The highest BCUT2D eigenvalue weighted by atomic mass is 35.5. The Labute approximate surface area is 116 Å². The van der Waals surface area contributed by atoms with Crippen LogP contribution in [-0.4, -0.2) is 11.0 Å². The van der Waals surface area contributed by atoms with E-state index in [0.29, 0.717) is 16.3 Å². The van der Waals surface area contributed by atoms with E-state index in [4.69, 9.17) is 11.6 Å². The number of benzene rings is 2. The molecule has 4 heteroatoms. The predicted octanol–water partition coefficient (Wildman–Crippen LogP) is 3.65. The molecule has 2 aromatic rings. The van der Waals surface area contributed by atoms with Crippen LogP contribution in [0.3, 0.4) is 0 Å². The van der Waals surface area contributed by atoms with Gasteiger partial charge in [-0.05, 0) is 36.8 Å². The average molecular weight is 276 g/mol. The van der Waals surface area contributed by atoms with E-state index < -0.39 is 6.10 Å². The molecule has 1 amide bonds. The Morgan fingerprint density at radius 1 is 1.21 bits per heavy atom. The third-order valence-corrected chi connectivity index (χ3v) is 3.07. The van der Waals surface area contributed by atoms with Gasteiger partial charge in [-0.3, -0.25) is 4.79 Å². The van der Waals surface area contributed by atoms with Gasteiger partial charge in [0.2, 0.25) is 0 Å². The molecule has 2 N–H and O–H groups in total. The molecule has 0 saturated carbocycles. The van der Waals surface area contributed by atoms with E-state index in [1.54, 1.807) is 55.5 Å². The Morgan fingerprint density at radius 3 is 2.63 bits per heavy atom. The summed E-state index contributed by atoms with van der Waals surface area (Å²) in [5, 5.41) is 12.7. The monoisotopic (exact) mass is 275 g/mol. The molecule has 0 aromatic heterocycles. The Morgan fingerprint density at radius 2 is 1.95 bits per heavy atom. The summed E-state index contributed by atoms with van der Waals surface area (Å²) in [5.41, 5.74) is 1.80. The summed E-state index contributed by atoms with van der Waals surface area (Å²) in [7, 11) is 0. The molecule has 98 valence electrons. The predicted molar refractivity (Wildman–Crippen MR) is 76.5 cm³/mol. The Hall–Kier alpha value is -1.84. The molecule has 0 radical (unpaired) electrons. The Kier molecular flexibility index (Phi) is 4.20. The number of carbonyl (C=O) groups is 1. The molecule has 0 fully saturated rings. The normalized spacial score (nSPS) is 11.9. The van der Waals surface area contributed by atoms with Crippen LogP contribution in [0.15, 0.2) is 48.5 Å². The molecule has 1 unspecified atom stereocenters. The van der Waals surface area contributed by atoms with Gasteiger partial charge in [0.05, 0.1) is 16.7 Å². The number of amides is 1. The van der Waals surface area contributed by atoms with Crippen molar-refractivity contribution in [3.05, 3.63) is 64.7 Å². The molecule has 19 heavy (non-hydrogen) atoms. The minimum absolute atomic E-state index is 0.270. The first-order chi connectivity index (χ1) is 9.08. The second kappa shape index (κ2) is 5.87. The number of hydrogen-bond acceptors (Lipinski definition) is 2. The lowest BCUT2D eigenvalue weighted by molar-refractivity contribution is 0.102. The summed E-state index contributed by atoms with van der Waals surface area (Å²) in [4.78, 5) is 12.1. The SMILES string of the molecule is CC(O)c1cccc(NC(=O)c2ccccc2Cl)c1. The number of rotatable bonds is 3. The van der Waals surface area contributed by atoms with Crippen LogP contribution in [0.5, 0.6) is 0 Å². The highest BCUT2D eigenvalue weighted by Gasteiger charge is 2.10. The van der Waals surface area contributed by atoms with Crippen molar-refractivity contribution in [3.63, 3.8) is 0 Å². The van der Waals surface area contributed by atoms with Crippen LogP contribution in [-0.2, 0) is 0 Å². The smallest absolute Gasteiger partial charge is 0.257 e. The van der Waals surface area contributed by atoms with E-state index in [0.717, 1.165) is 5.56 Å². The zero-order valence-electron chi connectivity index (χ0n) is 10.4. The third-order valence-electron chi connectivity index (χ3n) is 2.75. The molecule has 0 saturated heterocycles. The molecular weight excluding hydrogens is 262 g/mol. The van der Waals surface area contributed by atoms with Crippen molar-refractivity contribution in [3.8, 4) is 0 Å². The second-order valence-corrected chi connectivity index (χ2v) is 4.64. The van der Waals surface area contributed by atoms with Gasteiger partial charge in [0.15, 0.2) is 0 Å². The second-order valence-electron chi connectivity index (χ2n) is 4.24. The maximum Gasteiger partial charge on any atom is 0.257 e. The first kappa shape index (κ1) is 13.6. The zero-order valence-corrected chi connectivity index (χ0v) is 11.2. The summed E-state index contributed by atoms with van der Waals surface area (Å²) >= 11 is 5.97. The molecule has 0 spiro atoms. The molecule has 1 atom stereocenters. The minimum atomic E-state index is -0.572. The molecule has 3 nitrogen and oxygen atoms in total. The fourth-order valence-electron chi connectivity index (χ4n) is 1.72. The van der Waals surface area contributed by atoms with Crippen molar-refractivity contribution in [2.75, 3.05) is 5.32 Å². The standard InChI is InChI=1S/C15H14ClNO2/c1-10(18)11-5-4-6-12(9-11)17-15(19)13-7-2-3-8-14(13)16/h2-10,18H,1H3,(H,17,19). The largest absolute Gasteiger partial charge is 0.389 e. The van der Waals surface area contributed by atoms with E-state index in [1.165, 1.54) is 0 Å². The maximum absolute atomic E-state index is 12.1. The van der Waals surface area contributed by atoms with Crippen LogP contribution < -0.4 is 5.32 Å². The number of hydrogen-bond donors (Lipinski definition) is 2. The van der Waals surface area contributed by atoms with Crippen LogP contribution in [0, 0.1) is 0 Å². The first-order valence-corrected chi connectivity index (χ1v) is 6.29. The molecule has 2 aromatic carbocycles. The molecule has 2 rings (SSSR count). The van der Waals surface area contributed by atoms with Gasteiger partial charge in [-0.1, -0.05) is 35.9 Å². The molecular formula is C15H14ClNO2. The Balaban J connectivity index is 2.20. The van der Waals surface area contributed by atoms with Gasteiger partial charge in [0.25, 0.3) is 5.91 Å². The van der Waals surface area contributed by atoms with E-state index in [9.17, 15) is 9.90 Å². The van der Waals surface area contributed by atoms with E-state index in [1.807, 2.05) is 0 Å². The summed E-state index contributed by atoms with van der Waals surface area (Å²) in [6.07, 6.45) is -0.572. The lowest BCUT2D eigenvalue weighted by Gasteiger charge is -2.09. The number of aliphatic hydroxyl groups excluding tert-OH is 1. The lowest BCUT2D eigenvalue weighted by Crippen LogP contribution is -2.12. The minimum Gasteiger partial charge on any atom is -0.389 e. The van der Waals surface area contributed by atoms with Crippen molar-refractivity contribution in [2.45, 2.75) is 13.0 Å². The number of anilines is 1. The summed E-state index contributed by atoms with van der Waals surface area (Å²) < 4.78 is 0. The van der Waals surface area contributed by atoms with Crippen LogP contribution in [0.25, 0.3) is 0 Å². The molecule has 0 aliphatic rings. The van der Waals surface area contributed by atoms with Gasteiger partial charge >= 0.3 is 0 Å². The third kappa shape index (κ3) is 3.34. The van der Waals surface area contributed by atoms with Gasteiger partial charge < -0.3 is 10.4 Å². The molecule has 0 aliphatic carbocycles. The summed E-state index contributed by atoms with van der Waals surface area (Å²) in [6.45, 7) is 1.68. The topological polar surface area (TPSA) is 49.3 Å². The number of nitrogens with one attached hydrogen (secondary N) is 1. The van der Waals surface area contributed by atoms with Gasteiger partial charge in [-0.15, -0.1) is 0 Å². The van der Waals surface area contributed by atoms with E-state index in [-0.39, 0.29) is 5.91 Å². The summed E-state index contributed by atoms with van der Waals surface area (Å²) in [6, 6.07) is 13.9. The van der Waals surface area contributed by atoms with E-state index in [2.05, 4.69) is 5.32 Å². The van der Waals surface area contributed by atoms with Crippen LogP contribution in [0.2, 0.25) is 5.02 Å². The number of halogens is 1. The maximum atomic E-state index is 12.1. The van der Waals surface area contributed by atoms with Crippen LogP contribution >= 0.6 is 11.6 Å². The highest BCUT2D eigenvalue weighted by Crippen LogP contribution is 2.20. The average Bonchev–Trinajstić information content (AvgIpc) is 2.39. The van der Waals surface area contributed by atoms with Crippen LogP contribution in [0.4, 0.5) is 5.69 Å². The fourth-order valence-corrected chi connectivity index (χ4v) is 1.94. The van der Waals surface area contributed by atoms with Crippen molar-refractivity contribution in [2.24, 2.45) is 0 Å². The van der Waals surface area contributed by atoms with Gasteiger partial charge in [-0.25, -0.2) is 0 Å². The molecule has 0 heterocycles. The van der Waals surface area contributed by atoms with Gasteiger partial charge in [0, 0.05) is 5.69 Å². The number of carbonyl (C=O) groups excluding carboxylic acids is 1. The molecule has 0 bridgehead atoms. The van der Waals surface area contributed by atoms with Gasteiger partial charge in [0.1, 0.15) is 0 Å². The van der Waals surface area contributed by atoms with Crippen molar-refractivity contribution in [1.82, 2.24) is 0 Å². The Bertz CT molecular complexity index is 596.